The van der Waals surface area contributed by atoms with Gasteiger partial charge >= 0.3 is 0 Å². The molecule has 1 unspecified atom stereocenters. The summed E-state index contributed by atoms with van der Waals surface area (Å²) in [4.78, 5) is 9.67. The van der Waals surface area contributed by atoms with E-state index in [2.05, 4.69) is 45.4 Å². The van der Waals surface area contributed by atoms with Gasteiger partial charge < -0.3 is 10.2 Å². The number of aliphatic imine (C=N–C) groups is 1. The fourth-order valence-corrected chi connectivity index (χ4v) is 5.69. The third kappa shape index (κ3) is 6.32. The summed E-state index contributed by atoms with van der Waals surface area (Å²) in [6.07, 6.45) is 3.18. The number of hydrogen-bond acceptors (Lipinski definition) is 4. The van der Waals surface area contributed by atoms with Crippen LogP contribution in [0.15, 0.2) is 35.3 Å². The molecule has 3 aliphatic rings. The van der Waals surface area contributed by atoms with Gasteiger partial charge in [0.05, 0.1) is 11.5 Å². The van der Waals surface area contributed by atoms with Crippen LogP contribution in [-0.2, 0) is 16.4 Å². The van der Waals surface area contributed by atoms with E-state index in [4.69, 9.17) is 4.99 Å². The van der Waals surface area contributed by atoms with Crippen LogP contribution in [0.5, 0.6) is 0 Å². The van der Waals surface area contributed by atoms with Gasteiger partial charge in [0.2, 0.25) is 0 Å². The van der Waals surface area contributed by atoms with Crippen molar-refractivity contribution in [2.45, 2.75) is 31.8 Å². The number of nitrogens with zero attached hydrogens (tertiary/aromatic N) is 3. The SMILES string of the molecule is I.O=S1(=O)CCC(CN=C(NC2CC2)N2CCN(Cc3ccccc3)CC2)C1. The molecule has 1 saturated carbocycles. The highest BCUT2D eigenvalue weighted by Gasteiger charge is 2.29. The van der Waals surface area contributed by atoms with Crippen LogP contribution in [-0.4, -0.2) is 74.4 Å². The highest BCUT2D eigenvalue weighted by atomic mass is 127. The fourth-order valence-electron chi connectivity index (χ4n) is 3.84. The number of rotatable bonds is 5. The number of guanidine groups is 1. The third-order valence-electron chi connectivity index (χ3n) is 5.66. The van der Waals surface area contributed by atoms with E-state index in [0.29, 0.717) is 24.1 Å². The van der Waals surface area contributed by atoms with Crippen LogP contribution in [0, 0.1) is 5.92 Å². The molecule has 4 rings (SSSR count). The Balaban J connectivity index is 0.00000225. The second-order valence-electron chi connectivity index (χ2n) is 8.10. The predicted octanol–water partition coefficient (Wildman–Crippen LogP) is 1.96. The number of nitrogens with one attached hydrogen (secondary N) is 1. The van der Waals surface area contributed by atoms with Crippen molar-refractivity contribution in [3.05, 3.63) is 35.9 Å². The molecule has 0 bridgehead atoms. The minimum Gasteiger partial charge on any atom is -0.354 e. The zero-order chi connectivity index (χ0) is 18.7. The predicted molar refractivity (Wildman–Crippen MR) is 124 cm³/mol. The Labute approximate surface area is 185 Å². The largest absolute Gasteiger partial charge is 0.354 e. The maximum Gasteiger partial charge on any atom is 0.194 e. The Bertz CT molecular complexity index is 760. The molecule has 2 aliphatic heterocycles. The van der Waals surface area contributed by atoms with E-state index < -0.39 is 9.84 Å². The Hall–Kier alpha value is -0.870. The first-order chi connectivity index (χ1) is 13.1. The molecule has 2 heterocycles. The lowest BCUT2D eigenvalue weighted by molar-refractivity contribution is 0.172. The standard InChI is InChI=1S/C20H30N4O2S.HI/c25-27(26)13-8-18(16-27)14-21-20(22-19-6-7-19)24-11-9-23(10-12-24)15-17-4-2-1-3-5-17;/h1-5,18-19H,6-16H2,(H,21,22);1H. The lowest BCUT2D eigenvalue weighted by atomic mass is 10.1. The van der Waals surface area contributed by atoms with Crippen LogP contribution in [0.25, 0.3) is 0 Å². The Morgan fingerprint density at radius 2 is 1.79 bits per heavy atom. The van der Waals surface area contributed by atoms with Crippen molar-refractivity contribution in [1.29, 1.82) is 0 Å². The molecule has 2 saturated heterocycles. The molecular weight excluding hydrogens is 487 g/mol. The van der Waals surface area contributed by atoms with Crippen LogP contribution in [0.4, 0.5) is 0 Å². The van der Waals surface area contributed by atoms with E-state index in [1.165, 1.54) is 18.4 Å². The molecule has 1 aromatic carbocycles. The lowest BCUT2D eigenvalue weighted by Crippen LogP contribution is -2.52. The smallest absolute Gasteiger partial charge is 0.194 e. The Morgan fingerprint density at radius 1 is 1.07 bits per heavy atom. The van der Waals surface area contributed by atoms with E-state index in [9.17, 15) is 8.42 Å². The molecule has 0 spiro atoms. The molecule has 0 aromatic heterocycles. The minimum atomic E-state index is -2.83. The molecule has 1 N–H and O–H groups in total. The topological polar surface area (TPSA) is 65.0 Å². The number of benzene rings is 1. The van der Waals surface area contributed by atoms with E-state index in [-0.39, 0.29) is 29.9 Å². The second kappa shape index (κ2) is 9.75. The van der Waals surface area contributed by atoms with Gasteiger partial charge in [0.15, 0.2) is 15.8 Å². The molecule has 6 nitrogen and oxygen atoms in total. The summed E-state index contributed by atoms with van der Waals surface area (Å²) >= 11 is 0. The van der Waals surface area contributed by atoms with Gasteiger partial charge in [-0.25, -0.2) is 8.42 Å². The summed E-state index contributed by atoms with van der Waals surface area (Å²) in [6.45, 7) is 5.61. The normalized spacial score (nSPS) is 25.4. The highest BCUT2D eigenvalue weighted by molar-refractivity contribution is 14.0. The van der Waals surface area contributed by atoms with Gasteiger partial charge in [0.1, 0.15) is 0 Å². The number of hydrogen-bond donors (Lipinski definition) is 1. The molecule has 156 valence electrons. The van der Waals surface area contributed by atoms with E-state index in [0.717, 1.165) is 45.1 Å². The molecule has 28 heavy (non-hydrogen) atoms. The van der Waals surface area contributed by atoms with Crippen LogP contribution in [0.2, 0.25) is 0 Å². The van der Waals surface area contributed by atoms with Gasteiger partial charge in [0.25, 0.3) is 0 Å². The van der Waals surface area contributed by atoms with Crippen molar-refractivity contribution in [3.8, 4) is 0 Å². The molecule has 1 aromatic rings. The molecule has 1 atom stereocenters. The summed E-state index contributed by atoms with van der Waals surface area (Å²) in [5, 5.41) is 3.58. The molecule has 0 radical (unpaired) electrons. The summed E-state index contributed by atoms with van der Waals surface area (Å²) in [5.74, 6) is 1.81. The van der Waals surface area contributed by atoms with E-state index >= 15 is 0 Å². The van der Waals surface area contributed by atoms with Crippen molar-refractivity contribution in [1.82, 2.24) is 15.1 Å². The zero-order valence-electron chi connectivity index (χ0n) is 16.3. The zero-order valence-corrected chi connectivity index (χ0v) is 19.4. The average Bonchev–Trinajstić information content (AvgIpc) is 3.42. The van der Waals surface area contributed by atoms with Gasteiger partial charge in [-0.05, 0) is 30.7 Å². The third-order valence-corrected chi connectivity index (χ3v) is 7.49. The van der Waals surface area contributed by atoms with Crippen molar-refractivity contribution in [2.24, 2.45) is 10.9 Å². The first-order valence-corrected chi connectivity index (χ1v) is 11.9. The van der Waals surface area contributed by atoms with Crippen LogP contribution in [0.1, 0.15) is 24.8 Å². The summed E-state index contributed by atoms with van der Waals surface area (Å²) in [5.41, 5.74) is 1.36. The van der Waals surface area contributed by atoms with Gasteiger partial charge in [0, 0.05) is 45.3 Å². The molecule has 0 amide bonds. The van der Waals surface area contributed by atoms with Crippen LogP contribution in [0.3, 0.4) is 0 Å². The second-order valence-corrected chi connectivity index (χ2v) is 10.3. The molecule has 8 heteroatoms. The van der Waals surface area contributed by atoms with Gasteiger partial charge in [-0.1, -0.05) is 30.3 Å². The number of halogens is 1. The van der Waals surface area contributed by atoms with Gasteiger partial charge in [-0.2, -0.15) is 0 Å². The summed E-state index contributed by atoms with van der Waals surface area (Å²) in [7, 11) is -2.83. The van der Waals surface area contributed by atoms with Crippen molar-refractivity contribution in [2.75, 3.05) is 44.2 Å². The van der Waals surface area contributed by atoms with Crippen LogP contribution < -0.4 is 5.32 Å². The quantitative estimate of drug-likeness (QED) is 0.367. The maximum atomic E-state index is 11.7. The highest BCUT2D eigenvalue weighted by Crippen LogP contribution is 2.21. The molecular formula is C20H31IN4O2S. The fraction of sp³-hybridized carbons (Fsp3) is 0.650. The Kier molecular flexibility index (Phi) is 7.60. The average molecular weight is 518 g/mol. The lowest BCUT2D eigenvalue weighted by Gasteiger charge is -2.36. The van der Waals surface area contributed by atoms with Crippen LogP contribution >= 0.6 is 24.0 Å². The maximum absolute atomic E-state index is 11.7. The Morgan fingerprint density at radius 3 is 2.39 bits per heavy atom. The van der Waals surface area contributed by atoms with Gasteiger partial charge in [-0.15, -0.1) is 24.0 Å². The van der Waals surface area contributed by atoms with Crippen molar-refractivity contribution < 1.29 is 8.42 Å². The van der Waals surface area contributed by atoms with Gasteiger partial charge in [-0.3, -0.25) is 9.89 Å². The summed E-state index contributed by atoms with van der Waals surface area (Å²) in [6, 6.07) is 11.2. The van der Waals surface area contributed by atoms with Crippen molar-refractivity contribution in [3.63, 3.8) is 0 Å². The summed E-state index contributed by atoms with van der Waals surface area (Å²) < 4.78 is 23.4. The monoisotopic (exact) mass is 518 g/mol. The number of sulfone groups is 1. The molecule has 1 aliphatic carbocycles. The van der Waals surface area contributed by atoms with E-state index in [1.807, 2.05) is 0 Å². The minimum absolute atomic E-state index is 0. The molecule has 3 fully saturated rings. The first kappa shape index (κ1) is 21.8. The first-order valence-electron chi connectivity index (χ1n) is 10.1. The number of piperazine rings is 1. The van der Waals surface area contributed by atoms with E-state index in [1.54, 1.807) is 0 Å². The van der Waals surface area contributed by atoms with Crippen molar-refractivity contribution >= 4 is 39.8 Å².